The van der Waals surface area contributed by atoms with Crippen LogP contribution in [0, 0.1) is 10.1 Å². The van der Waals surface area contributed by atoms with Crippen LogP contribution in [0.3, 0.4) is 0 Å². The molecule has 106 valence electrons. The largest absolute Gasteiger partial charge is 0.272 e. The van der Waals surface area contributed by atoms with Crippen molar-refractivity contribution in [1.29, 1.82) is 0 Å². The number of nitrogens with one attached hydrogen (secondary N) is 1. The Labute approximate surface area is 125 Å². The highest BCUT2D eigenvalue weighted by molar-refractivity contribution is 6.33. The number of rotatable bonds is 4. The average molecular weight is 304 g/mol. The van der Waals surface area contributed by atoms with E-state index in [0.717, 1.165) is 0 Å². The molecular formula is C14H10ClN3O3. The molecule has 0 atom stereocenters. The lowest BCUT2D eigenvalue weighted by Crippen LogP contribution is -2.17. The normalized spacial score (nSPS) is 10.5. The summed E-state index contributed by atoms with van der Waals surface area (Å²) < 4.78 is 0. The summed E-state index contributed by atoms with van der Waals surface area (Å²) in [7, 11) is 0. The van der Waals surface area contributed by atoms with Crippen LogP contribution in [0.15, 0.2) is 53.6 Å². The van der Waals surface area contributed by atoms with Gasteiger partial charge in [0.15, 0.2) is 0 Å². The van der Waals surface area contributed by atoms with E-state index in [4.69, 9.17) is 11.6 Å². The predicted octanol–water partition coefficient (Wildman–Crippen LogP) is 3.01. The first kappa shape index (κ1) is 14.7. The second-order valence-corrected chi connectivity index (χ2v) is 4.44. The molecule has 0 unspecified atom stereocenters. The number of halogens is 1. The maximum atomic E-state index is 11.8. The highest BCUT2D eigenvalue weighted by Gasteiger charge is 2.08. The quantitative estimate of drug-likeness (QED) is 0.535. The summed E-state index contributed by atoms with van der Waals surface area (Å²) in [5, 5.41) is 14.7. The van der Waals surface area contributed by atoms with Gasteiger partial charge in [0.2, 0.25) is 0 Å². The van der Waals surface area contributed by atoms with Crippen molar-refractivity contribution in [2.75, 3.05) is 0 Å². The minimum atomic E-state index is -0.500. The fourth-order valence-corrected chi connectivity index (χ4v) is 1.81. The van der Waals surface area contributed by atoms with Gasteiger partial charge in [0.05, 0.1) is 21.7 Å². The molecule has 0 saturated carbocycles. The molecule has 1 amide bonds. The number of hydrogen-bond donors (Lipinski definition) is 1. The Morgan fingerprint density at radius 1 is 1.24 bits per heavy atom. The van der Waals surface area contributed by atoms with Crippen molar-refractivity contribution in [2.24, 2.45) is 5.10 Å². The molecule has 0 saturated heterocycles. The summed E-state index contributed by atoms with van der Waals surface area (Å²) in [6.45, 7) is 0. The Bertz CT molecular complexity index is 716. The smallest absolute Gasteiger partial charge is 0.267 e. The van der Waals surface area contributed by atoms with Gasteiger partial charge in [0, 0.05) is 17.7 Å². The van der Waals surface area contributed by atoms with Crippen molar-refractivity contribution in [2.45, 2.75) is 0 Å². The van der Waals surface area contributed by atoms with Gasteiger partial charge in [0.1, 0.15) is 0 Å². The first-order chi connectivity index (χ1) is 10.1. The van der Waals surface area contributed by atoms with E-state index in [1.165, 1.54) is 24.4 Å². The second kappa shape index (κ2) is 6.62. The number of hydrogen-bond acceptors (Lipinski definition) is 4. The third kappa shape index (κ3) is 3.87. The summed E-state index contributed by atoms with van der Waals surface area (Å²) in [6, 6.07) is 12.5. The van der Waals surface area contributed by atoms with Gasteiger partial charge in [-0.1, -0.05) is 35.9 Å². The number of benzene rings is 2. The Hall–Kier alpha value is -2.73. The molecule has 0 heterocycles. The monoisotopic (exact) mass is 303 g/mol. The van der Waals surface area contributed by atoms with Crippen molar-refractivity contribution < 1.29 is 9.72 Å². The number of carbonyl (C=O) groups excluding carboxylic acids is 1. The van der Waals surface area contributed by atoms with Gasteiger partial charge in [-0.15, -0.1) is 0 Å². The van der Waals surface area contributed by atoms with E-state index in [9.17, 15) is 14.9 Å². The Morgan fingerprint density at radius 2 is 2.00 bits per heavy atom. The number of amides is 1. The molecule has 0 aliphatic rings. The van der Waals surface area contributed by atoms with Crippen LogP contribution < -0.4 is 5.43 Å². The van der Waals surface area contributed by atoms with E-state index < -0.39 is 10.8 Å². The topological polar surface area (TPSA) is 84.6 Å². The van der Waals surface area contributed by atoms with Gasteiger partial charge in [-0.05, 0) is 12.1 Å². The van der Waals surface area contributed by atoms with E-state index in [1.54, 1.807) is 30.3 Å². The molecule has 0 aromatic heterocycles. The molecule has 0 spiro atoms. The lowest BCUT2D eigenvalue weighted by Gasteiger charge is -2.01. The van der Waals surface area contributed by atoms with Crippen LogP contribution in [0.25, 0.3) is 0 Å². The molecule has 6 nitrogen and oxygen atoms in total. The molecule has 21 heavy (non-hydrogen) atoms. The van der Waals surface area contributed by atoms with Crippen molar-refractivity contribution in [3.63, 3.8) is 0 Å². The fourth-order valence-electron chi connectivity index (χ4n) is 1.59. The number of nitro groups is 1. The first-order valence-corrected chi connectivity index (χ1v) is 6.28. The summed E-state index contributed by atoms with van der Waals surface area (Å²) in [6.07, 6.45) is 1.32. The fraction of sp³-hybridized carbons (Fsp3) is 0. The van der Waals surface area contributed by atoms with Gasteiger partial charge < -0.3 is 0 Å². The number of nitrogens with zero attached hydrogens (tertiary/aromatic N) is 2. The highest BCUT2D eigenvalue weighted by atomic mass is 35.5. The van der Waals surface area contributed by atoms with Gasteiger partial charge in [-0.3, -0.25) is 14.9 Å². The van der Waals surface area contributed by atoms with Crippen LogP contribution in [0.1, 0.15) is 15.9 Å². The standard InChI is InChI=1S/C14H10ClN3O3/c15-13-7-2-1-6-12(13)14(19)17-16-9-10-4-3-5-11(8-10)18(20)21/h1-9H,(H,17,19). The van der Waals surface area contributed by atoms with E-state index in [1.807, 2.05) is 0 Å². The van der Waals surface area contributed by atoms with Crippen molar-refractivity contribution in [1.82, 2.24) is 5.43 Å². The van der Waals surface area contributed by atoms with E-state index in [2.05, 4.69) is 10.5 Å². The lowest BCUT2D eigenvalue weighted by molar-refractivity contribution is -0.384. The van der Waals surface area contributed by atoms with E-state index in [0.29, 0.717) is 16.1 Å². The summed E-state index contributed by atoms with van der Waals surface area (Å²) in [5.41, 5.74) is 3.07. The molecule has 7 heteroatoms. The second-order valence-electron chi connectivity index (χ2n) is 4.03. The number of hydrazone groups is 1. The molecule has 0 bridgehead atoms. The van der Waals surface area contributed by atoms with Crippen LogP contribution in [-0.4, -0.2) is 17.0 Å². The molecule has 0 aliphatic heterocycles. The molecular weight excluding hydrogens is 294 g/mol. The molecule has 1 N–H and O–H groups in total. The van der Waals surface area contributed by atoms with E-state index >= 15 is 0 Å². The molecule has 2 aromatic carbocycles. The highest BCUT2D eigenvalue weighted by Crippen LogP contribution is 2.14. The zero-order valence-electron chi connectivity index (χ0n) is 10.7. The lowest BCUT2D eigenvalue weighted by atomic mass is 10.2. The predicted molar refractivity (Wildman–Crippen MR) is 79.6 cm³/mol. The number of non-ortho nitro benzene ring substituents is 1. The van der Waals surface area contributed by atoms with Gasteiger partial charge in [-0.25, -0.2) is 5.43 Å². The SMILES string of the molecule is O=C(NN=Cc1cccc([N+](=O)[O-])c1)c1ccccc1Cl. The van der Waals surface area contributed by atoms with Crippen LogP contribution in [0.4, 0.5) is 5.69 Å². The minimum Gasteiger partial charge on any atom is -0.267 e. The van der Waals surface area contributed by atoms with Crippen LogP contribution in [-0.2, 0) is 0 Å². The third-order valence-electron chi connectivity index (χ3n) is 2.58. The molecule has 0 aliphatic carbocycles. The molecule has 0 radical (unpaired) electrons. The van der Waals surface area contributed by atoms with Crippen LogP contribution in [0.2, 0.25) is 5.02 Å². The Morgan fingerprint density at radius 3 is 2.71 bits per heavy atom. The summed E-state index contributed by atoms with van der Waals surface area (Å²) in [5.74, 6) is -0.456. The third-order valence-corrected chi connectivity index (χ3v) is 2.91. The molecule has 0 fully saturated rings. The van der Waals surface area contributed by atoms with E-state index in [-0.39, 0.29) is 5.69 Å². The van der Waals surface area contributed by atoms with Gasteiger partial charge in [-0.2, -0.15) is 5.10 Å². The zero-order chi connectivity index (χ0) is 15.2. The van der Waals surface area contributed by atoms with Gasteiger partial charge in [0.25, 0.3) is 11.6 Å². The Balaban J connectivity index is 2.06. The maximum absolute atomic E-state index is 11.8. The summed E-state index contributed by atoms with van der Waals surface area (Å²) >= 11 is 5.88. The zero-order valence-corrected chi connectivity index (χ0v) is 11.4. The summed E-state index contributed by atoms with van der Waals surface area (Å²) in [4.78, 5) is 21.9. The van der Waals surface area contributed by atoms with Crippen LogP contribution in [0.5, 0.6) is 0 Å². The van der Waals surface area contributed by atoms with Gasteiger partial charge >= 0.3 is 0 Å². The van der Waals surface area contributed by atoms with Crippen molar-refractivity contribution in [3.8, 4) is 0 Å². The minimum absolute atomic E-state index is 0.0450. The Kier molecular flexibility index (Phi) is 4.63. The number of carbonyl (C=O) groups is 1. The maximum Gasteiger partial charge on any atom is 0.272 e. The van der Waals surface area contributed by atoms with Crippen molar-refractivity contribution in [3.05, 3.63) is 74.8 Å². The molecule has 2 rings (SSSR count). The first-order valence-electron chi connectivity index (χ1n) is 5.90. The number of nitro benzene ring substituents is 1. The van der Waals surface area contributed by atoms with Crippen molar-refractivity contribution >= 4 is 29.4 Å². The average Bonchev–Trinajstić information content (AvgIpc) is 2.48. The van der Waals surface area contributed by atoms with Crippen LogP contribution >= 0.6 is 11.6 Å². The molecule has 2 aromatic rings.